The second kappa shape index (κ2) is 5.19. The van der Waals surface area contributed by atoms with Gasteiger partial charge in [-0.3, -0.25) is 0 Å². The Balaban J connectivity index is 2.21. The summed E-state index contributed by atoms with van der Waals surface area (Å²) >= 11 is 3.47. The number of hydrogen-bond acceptors (Lipinski definition) is 1. The van der Waals surface area contributed by atoms with Crippen molar-refractivity contribution in [1.29, 1.82) is 0 Å². The van der Waals surface area contributed by atoms with E-state index in [0.29, 0.717) is 6.54 Å². The van der Waals surface area contributed by atoms with Crippen molar-refractivity contribution >= 4 is 26.8 Å². The first-order chi connectivity index (χ1) is 9.29. The van der Waals surface area contributed by atoms with E-state index in [1.807, 2.05) is 0 Å². The standard InChI is InChI=1S/C16H15BrN2/c17-12-7-5-11(6-8-12)16-14(9-10-18)13-3-1-2-4-15(13)19-16/h1-8,19H,9-10,18H2. The maximum absolute atomic E-state index is 5.76. The van der Waals surface area contributed by atoms with E-state index in [1.54, 1.807) is 0 Å². The van der Waals surface area contributed by atoms with Crippen LogP contribution in [-0.4, -0.2) is 11.5 Å². The molecule has 0 unspecified atom stereocenters. The zero-order valence-electron chi connectivity index (χ0n) is 10.5. The maximum atomic E-state index is 5.76. The lowest BCUT2D eigenvalue weighted by Crippen LogP contribution is -2.03. The summed E-state index contributed by atoms with van der Waals surface area (Å²) in [6.07, 6.45) is 0.884. The van der Waals surface area contributed by atoms with E-state index in [4.69, 9.17) is 5.73 Å². The van der Waals surface area contributed by atoms with Gasteiger partial charge in [-0.25, -0.2) is 0 Å². The van der Waals surface area contributed by atoms with Crippen molar-refractivity contribution < 1.29 is 0 Å². The first-order valence-electron chi connectivity index (χ1n) is 6.35. The van der Waals surface area contributed by atoms with Gasteiger partial charge in [0.15, 0.2) is 0 Å². The number of hydrogen-bond donors (Lipinski definition) is 2. The number of fused-ring (bicyclic) bond motifs is 1. The van der Waals surface area contributed by atoms with Crippen LogP contribution in [0.25, 0.3) is 22.2 Å². The number of H-pyrrole nitrogens is 1. The Hall–Kier alpha value is -1.58. The number of aromatic amines is 1. The summed E-state index contributed by atoms with van der Waals surface area (Å²) in [4.78, 5) is 3.51. The Morgan fingerprint density at radius 1 is 1.00 bits per heavy atom. The minimum Gasteiger partial charge on any atom is -0.354 e. The number of aromatic nitrogens is 1. The van der Waals surface area contributed by atoms with Crippen LogP contribution in [0.2, 0.25) is 0 Å². The number of rotatable bonds is 3. The van der Waals surface area contributed by atoms with Gasteiger partial charge in [0.1, 0.15) is 0 Å². The molecule has 1 heterocycles. The summed E-state index contributed by atoms with van der Waals surface area (Å²) in [6, 6.07) is 16.7. The fourth-order valence-electron chi connectivity index (χ4n) is 2.47. The molecule has 2 aromatic carbocycles. The SMILES string of the molecule is NCCc1c(-c2ccc(Br)cc2)[nH]c2ccccc12. The number of para-hydroxylation sites is 1. The third kappa shape index (κ3) is 2.31. The monoisotopic (exact) mass is 314 g/mol. The highest BCUT2D eigenvalue weighted by molar-refractivity contribution is 9.10. The highest BCUT2D eigenvalue weighted by Gasteiger charge is 2.11. The molecule has 3 rings (SSSR count). The van der Waals surface area contributed by atoms with Gasteiger partial charge in [-0.1, -0.05) is 46.3 Å². The van der Waals surface area contributed by atoms with Crippen LogP contribution in [0.1, 0.15) is 5.56 Å². The topological polar surface area (TPSA) is 41.8 Å². The van der Waals surface area contributed by atoms with E-state index in [1.165, 1.54) is 27.7 Å². The lowest BCUT2D eigenvalue weighted by atomic mass is 10.0. The summed E-state index contributed by atoms with van der Waals surface area (Å²) < 4.78 is 1.09. The lowest BCUT2D eigenvalue weighted by Gasteiger charge is -2.04. The summed E-state index contributed by atoms with van der Waals surface area (Å²) in [5.41, 5.74) is 10.6. The number of benzene rings is 2. The minimum absolute atomic E-state index is 0.658. The molecule has 1 aromatic heterocycles. The van der Waals surface area contributed by atoms with E-state index in [2.05, 4.69) is 69.4 Å². The highest BCUT2D eigenvalue weighted by atomic mass is 79.9. The largest absolute Gasteiger partial charge is 0.354 e. The average Bonchev–Trinajstić information content (AvgIpc) is 2.79. The first-order valence-corrected chi connectivity index (χ1v) is 7.14. The molecule has 0 atom stereocenters. The third-order valence-corrected chi connectivity index (χ3v) is 3.87. The van der Waals surface area contributed by atoms with Gasteiger partial charge in [0.2, 0.25) is 0 Å². The Morgan fingerprint density at radius 2 is 1.74 bits per heavy atom. The average molecular weight is 315 g/mol. The number of halogens is 1. The second-order valence-electron chi connectivity index (χ2n) is 4.57. The van der Waals surface area contributed by atoms with Crippen LogP contribution in [0.5, 0.6) is 0 Å². The van der Waals surface area contributed by atoms with Crippen molar-refractivity contribution in [3.8, 4) is 11.3 Å². The van der Waals surface area contributed by atoms with Gasteiger partial charge in [-0.15, -0.1) is 0 Å². The summed E-state index contributed by atoms with van der Waals surface area (Å²) in [5, 5.41) is 1.27. The predicted octanol–water partition coefficient (Wildman–Crippen LogP) is 4.10. The quantitative estimate of drug-likeness (QED) is 0.751. The van der Waals surface area contributed by atoms with Crippen LogP contribution < -0.4 is 5.73 Å². The molecule has 0 fully saturated rings. The van der Waals surface area contributed by atoms with Crippen LogP contribution in [0.4, 0.5) is 0 Å². The predicted molar refractivity (Wildman–Crippen MR) is 84.2 cm³/mol. The third-order valence-electron chi connectivity index (χ3n) is 3.34. The fourth-order valence-corrected chi connectivity index (χ4v) is 2.73. The van der Waals surface area contributed by atoms with Gasteiger partial charge in [-0.05, 0) is 42.3 Å². The molecule has 0 amide bonds. The van der Waals surface area contributed by atoms with Crippen molar-refractivity contribution in [2.24, 2.45) is 5.73 Å². The molecule has 2 nitrogen and oxygen atoms in total. The van der Waals surface area contributed by atoms with Crippen molar-refractivity contribution in [3.63, 3.8) is 0 Å². The Morgan fingerprint density at radius 3 is 2.47 bits per heavy atom. The fraction of sp³-hybridized carbons (Fsp3) is 0.125. The van der Waals surface area contributed by atoms with Gasteiger partial charge < -0.3 is 10.7 Å². The van der Waals surface area contributed by atoms with Gasteiger partial charge in [0.05, 0.1) is 0 Å². The molecule has 3 N–H and O–H groups in total. The van der Waals surface area contributed by atoms with Crippen molar-refractivity contribution in [3.05, 3.63) is 58.6 Å². The molecule has 0 aliphatic carbocycles. The van der Waals surface area contributed by atoms with E-state index in [9.17, 15) is 0 Å². The van der Waals surface area contributed by atoms with Gasteiger partial charge >= 0.3 is 0 Å². The van der Waals surface area contributed by atoms with Crippen molar-refractivity contribution in [2.45, 2.75) is 6.42 Å². The molecule has 3 heteroatoms. The molecule has 0 saturated carbocycles. The molecule has 19 heavy (non-hydrogen) atoms. The Kier molecular flexibility index (Phi) is 3.40. The molecule has 0 radical (unpaired) electrons. The van der Waals surface area contributed by atoms with E-state index in [0.717, 1.165) is 10.9 Å². The molecule has 3 aromatic rings. The number of nitrogens with two attached hydrogens (primary N) is 1. The van der Waals surface area contributed by atoms with Gasteiger partial charge in [-0.2, -0.15) is 0 Å². The molecule has 0 aliphatic rings. The Bertz CT molecular complexity index is 698. The van der Waals surface area contributed by atoms with Crippen LogP contribution in [0.3, 0.4) is 0 Å². The van der Waals surface area contributed by atoms with Crippen molar-refractivity contribution in [1.82, 2.24) is 4.98 Å². The summed E-state index contributed by atoms with van der Waals surface area (Å²) in [6.45, 7) is 0.658. The van der Waals surface area contributed by atoms with Crippen LogP contribution in [0.15, 0.2) is 53.0 Å². The molecule has 0 saturated heterocycles. The van der Waals surface area contributed by atoms with Crippen molar-refractivity contribution in [2.75, 3.05) is 6.54 Å². The Labute approximate surface area is 120 Å². The number of nitrogens with one attached hydrogen (secondary N) is 1. The molecular formula is C16H15BrN2. The minimum atomic E-state index is 0.658. The van der Waals surface area contributed by atoms with E-state index >= 15 is 0 Å². The second-order valence-corrected chi connectivity index (χ2v) is 5.49. The van der Waals surface area contributed by atoms with E-state index < -0.39 is 0 Å². The zero-order valence-corrected chi connectivity index (χ0v) is 12.1. The molecule has 0 spiro atoms. The molecular weight excluding hydrogens is 300 g/mol. The van der Waals surface area contributed by atoms with Crippen LogP contribution in [0, 0.1) is 0 Å². The first kappa shape index (κ1) is 12.5. The molecule has 96 valence electrons. The van der Waals surface area contributed by atoms with Crippen LogP contribution >= 0.6 is 15.9 Å². The van der Waals surface area contributed by atoms with Gasteiger partial charge in [0, 0.05) is 21.1 Å². The van der Waals surface area contributed by atoms with Crippen LogP contribution in [-0.2, 0) is 6.42 Å². The van der Waals surface area contributed by atoms with E-state index in [-0.39, 0.29) is 0 Å². The summed E-state index contributed by atoms with van der Waals surface area (Å²) in [5.74, 6) is 0. The maximum Gasteiger partial charge on any atom is 0.0497 e. The lowest BCUT2D eigenvalue weighted by molar-refractivity contribution is 0.978. The highest BCUT2D eigenvalue weighted by Crippen LogP contribution is 2.31. The smallest absolute Gasteiger partial charge is 0.0497 e. The van der Waals surface area contributed by atoms with Gasteiger partial charge in [0.25, 0.3) is 0 Å². The zero-order chi connectivity index (χ0) is 13.2. The molecule has 0 aliphatic heterocycles. The summed E-state index contributed by atoms with van der Waals surface area (Å²) in [7, 11) is 0. The molecule has 0 bridgehead atoms. The normalized spacial score (nSPS) is 11.1.